The Balaban J connectivity index is 2.77. The highest BCUT2D eigenvalue weighted by Crippen LogP contribution is 2.06. The maximum Gasteiger partial charge on any atom is 0.0171 e. The number of hydrogen-bond donors (Lipinski definition) is 0. The van der Waals surface area contributed by atoms with Gasteiger partial charge in [-0.15, -0.1) is 0 Å². The van der Waals surface area contributed by atoms with Gasteiger partial charge in [0.05, 0.1) is 0 Å². The van der Waals surface area contributed by atoms with Gasteiger partial charge in [0.2, 0.25) is 0 Å². The molecule has 0 aromatic heterocycles. The summed E-state index contributed by atoms with van der Waals surface area (Å²) in [6.45, 7) is 4.79. The van der Waals surface area contributed by atoms with E-state index in [4.69, 9.17) is 0 Å². The van der Waals surface area contributed by atoms with Crippen molar-refractivity contribution in [3.05, 3.63) is 0 Å². The van der Waals surface area contributed by atoms with Gasteiger partial charge in [0.1, 0.15) is 0 Å². The summed E-state index contributed by atoms with van der Waals surface area (Å²) in [6.07, 6.45) is 7.37. The molecule has 0 saturated heterocycles. The van der Waals surface area contributed by atoms with Crippen molar-refractivity contribution in [2.75, 3.05) is 0 Å². The highest BCUT2D eigenvalue weighted by atomic mass is 29.1. The molecule has 0 fully saturated rings. The van der Waals surface area contributed by atoms with Crippen molar-refractivity contribution in [1.29, 1.82) is 0 Å². The molecule has 0 aromatic carbocycles. The molecule has 1 atom stereocenters. The summed E-state index contributed by atoms with van der Waals surface area (Å²) in [7, 11) is 1.44. The molecule has 1 unspecified atom stereocenters. The van der Waals surface area contributed by atoms with Crippen molar-refractivity contribution in [2.45, 2.75) is 51.6 Å². The van der Waals surface area contributed by atoms with Crippen LogP contribution in [0.4, 0.5) is 0 Å². The molecule has 0 amide bonds. The highest BCUT2D eigenvalue weighted by Gasteiger charge is 1.94. The maximum atomic E-state index is 2.51. The first-order valence-electron chi connectivity index (χ1n) is 4.77. The normalized spacial score (nSPS) is 13.8. The Bertz CT molecular complexity index is 62.3. The van der Waals surface area contributed by atoms with Crippen LogP contribution in [-0.4, -0.2) is 18.1 Å². The van der Waals surface area contributed by atoms with Crippen molar-refractivity contribution >= 4 is 18.1 Å². The van der Waals surface area contributed by atoms with E-state index in [-0.39, 0.29) is 8.31 Å². The third-order valence-electron chi connectivity index (χ3n) is 1.89. The topological polar surface area (TPSA) is 0 Å². The van der Waals surface area contributed by atoms with Crippen LogP contribution in [0.3, 0.4) is 0 Å². The van der Waals surface area contributed by atoms with Crippen LogP contribution in [0.15, 0.2) is 0 Å². The lowest BCUT2D eigenvalue weighted by molar-refractivity contribution is 0.655. The van der Waals surface area contributed by atoms with E-state index in [1.165, 1.54) is 41.9 Å². The monoisotopic (exact) mass is 174 g/mol. The molecular formula is C8H22Si2. The average Bonchev–Trinajstić information content (AvgIpc) is 1.87. The van der Waals surface area contributed by atoms with Crippen LogP contribution >= 0.6 is 0 Å². The number of rotatable bonds is 6. The molecule has 2 heteroatoms. The second-order valence-corrected chi connectivity index (χ2v) is 12.9. The lowest BCUT2D eigenvalue weighted by Gasteiger charge is -2.01. The zero-order valence-corrected chi connectivity index (χ0v) is 11.0. The summed E-state index contributed by atoms with van der Waals surface area (Å²) in [5.41, 5.74) is 0. The molecule has 0 heterocycles. The van der Waals surface area contributed by atoms with Gasteiger partial charge in [-0.3, -0.25) is 0 Å². The molecule has 0 aliphatic rings. The lowest BCUT2D eigenvalue weighted by atomic mass is 10.2. The van der Waals surface area contributed by atoms with E-state index in [2.05, 4.69) is 13.5 Å². The predicted octanol–water partition coefficient (Wildman–Crippen LogP) is 1.68. The van der Waals surface area contributed by atoms with Crippen LogP contribution in [0.2, 0.25) is 12.6 Å². The minimum atomic E-state index is -0.0832. The molecule has 0 radical (unpaired) electrons. The number of hydrogen-bond acceptors (Lipinski definition) is 0. The van der Waals surface area contributed by atoms with Crippen LogP contribution in [-0.2, 0) is 0 Å². The van der Waals surface area contributed by atoms with Crippen molar-refractivity contribution in [2.24, 2.45) is 0 Å². The summed E-state index contributed by atoms with van der Waals surface area (Å²) >= 11 is 0. The Morgan fingerprint density at radius 1 is 1.10 bits per heavy atom. The largest absolute Gasteiger partial charge is 0.0746 e. The van der Waals surface area contributed by atoms with E-state index in [9.17, 15) is 0 Å². The highest BCUT2D eigenvalue weighted by molar-refractivity contribution is 7.02. The number of unbranched alkanes of at least 4 members (excludes halogenated alkanes) is 4. The lowest BCUT2D eigenvalue weighted by Crippen LogP contribution is -2.04. The molecule has 0 N–H and O–H groups in total. The van der Waals surface area contributed by atoms with Crippen LogP contribution in [0.1, 0.15) is 39.0 Å². The van der Waals surface area contributed by atoms with Crippen LogP contribution in [0, 0.1) is 0 Å². The smallest absolute Gasteiger partial charge is 0.0171 e. The standard InChI is InChI=1S/C8H22Si2/c1-3-4-5-6-7-8-10(2)9/h10H,3-8H2,1-2,9H3. The first-order chi connectivity index (χ1) is 4.77. The van der Waals surface area contributed by atoms with Gasteiger partial charge in [-0.1, -0.05) is 51.6 Å². The summed E-state index contributed by atoms with van der Waals surface area (Å²) in [5.74, 6) is 0. The van der Waals surface area contributed by atoms with Gasteiger partial charge in [-0.2, -0.15) is 0 Å². The molecule has 10 heavy (non-hydrogen) atoms. The van der Waals surface area contributed by atoms with E-state index in [0.29, 0.717) is 0 Å². The van der Waals surface area contributed by atoms with Crippen molar-refractivity contribution in [3.8, 4) is 0 Å². The van der Waals surface area contributed by atoms with E-state index in [1.54, 1.807) is 6.04 Å². The minimum Gasteiger partial charge on any atom is -0.0746 e. The zero-order chi connectivity index (χ0) is 7.82. The first kappa shape index (κ1) is 10.4. The Morgan fingerprint density at radius 3 is 2.20 bits per heavy atom. The van der Waals surface area contributed by atoms with Crippen LogP contribution in [0.5, 0.6) is 0 Å². The van der Waals surface area contributed by atoms with E-state index < -0.39 is 0 Å². The molecule has 0 rings (SSSR count). The molecule has 0 spiro atoms. The van der Waals surface area contributed by atoms with Gasteiger partial charge in [-0.25, -0.2) is 0 Å². The zero-order valence-electron chi connectivity index (χ0n) is 7.82. The average molecular weight is 174 g/mol. The maximum absolute atomic E-state index is 2.51. The van der Waals surface area contributed by atoms with Gasteiger partial charge < -0.3 is 0 Å². The van der Waals surface area contributed by atoms with Crippen LogP contribution in [0.25, 0.3) is 0 Å². The summed E-state index contributed by atoms with van der Waals surface area (Å²) < 4.78 is 0. The minimum absolute atomic E-state index is 0.0832. The first-order valence-corrected chi connectivity index (χ1v) is 11.4. The Labute approximate surface area is 70.2 Å². The fourth-order valence-corrected chi connectivity index (χ4v) is 3.49. The van der Waals surface area contributed by atoms with Crippen molar-refractivity contribution < 1.29 is 0 Å². The SMILES string of the molecule is CCCCCCC[SiH](C)[SiH3]. The fourth-order valence-electron chi connectivity index (χ4n) is 1.16. The Kier molecular flexibility index (Phi) is 7.87. The Morgan fingerprint density at radius 2 is 1.70 bits per heavy atom. The summed E-state index contributed by atoms with van der Waals surface area (Å²) in [5, 5.41) is 0. The molecule has 0 aliphatic heterocycles. The van der Waals surface area contributed by atoms with Gasteiger partial charge in [0, 0.05) is 8.31 Å². The molecule has 0 aromatic rings. The van der Waals surface area contributed by atoms with Gasteiger partial charge >= 0.3 is 0 Å². The quantitative estimate of drug-likeness (QED) is 0.425. The fraction of sp³-hybridized carbons (Fsp3) is 1.00. The Hall–Kier alpha value is 0.434. The van der Waals surface area contributed by atoms with E-state index >= 15 is 0 Å². The van der Waals surface area contributed by atoms with Gasteiger partial charge in [0.25, 0.3) is 0 Å². The van der Waals surface area contributed by atoms with E-state index in [0.717, 1.165) is 0 Å². The molecule has 0 nitrogen and oxygen atoms in total. The molecule has 0 bridgehead atoms. The van der Waals surface area contributed by atoms with Crippen LogP contribution < -0.4 is 0 Å². The molecule has 0 aliphatic carbocycles. The molecular weight excluding hydrogens is 152 g/mol. The van der Waals surface area contributed by atoms with E-state index in [1.807, 2.05) is 0 Å². The van der Waals surface area contributed by atoms with Crippen molar-refractivity contribution in [3.63, 3.8) is 0 Å². The van der Waals surface area contributed by atoms with Crippen molar-refractivity contribution in [1.82, 2.24) is 0 Å². The summed E-state index contributed by atoms with van der Waals surface area (Å²) in [6, 6.07) is 1.62. The molecule has 62 valence electrons. The second kappa shape index (κ2) is 7.54. The third-order valence-corrected chi connectivity index (χ3v) is 5.18. The van der Waals surface area contributed by atoms with Gasteiger partial charge in [-0.05, 0) is 9.76 Å². The third kappa shape index (κ3) is 8.43. The summed E-state index contributed by atoms with van der Waals surface area (Å²) in [4.78, 5) is 0. The molecule has 0 saturated carbocycles. The predicted molar refractivity (Wildman–Crippen MR) is 56.5 cm³/mol. The van der Waals surface area contributed by atoms with Gasteiger partial charge in [0.15, 0.2) is 0 Å². The second-order valence-electron chi connectivity index (χ2n) is 3.60.